The molecule has 0 spiro atoms. The Morgan fingerprint density at radius 2 is 1.39 bits per heavy atom. The summed E-state index contributed by atoms with van der Waals surface area (Å²) in [5, 5.41) is 2.09. The predicted octanol–water partition coefficient (Wildman–Crippen LogP) is 3.76. The fourth-order valence-corrected chi connectivity index (χ4v) is 3.86. The third-order valence-electron chi connectivity index (χ3n) is 5.25. The number of nitrogens with one attached hydrogen (secondary N) is 1. The zero-order valence-corrected chi connectivity index (χ0v) is 16.8. The molecule has 4 nitrogen and oxygen atoms in total. The number of hydrogen-bond acceptors (Lipinski definition) is 2. The van der Waals surface area contributed by atoms with Crippen molar-refractivity contribution in [3.05, 3.63) is 94.3 Å². The maximum Gasteiger partial charge on any atom is 0.235 e. The number of carbonyl (C=O) groups is 2. The summed E-state index contributed by atoms with van der Waals surface area (Å²) in [6.07, 6.45) is 0. The van der Waals surface area contributed by atoms with Crippen LogP contribution in [0.4, 0.5) is 0 Å². The molecule has 28 heavy (non-hydrogen) atoms. The van der Waals surface area contributed by atoms with Gasteiger partial charge in [-0.1, -0.05) is 60.7 Å². The molecule has 0 amide bonds. The van der Waals surface area contributed by atoms with Crippen LogP contribution in [0.3, 0.4) is 0 Å². The lowest BCUT2D eigenvalue weighted by Crippen LogP contribution is -2.92. The first-order valence-electron chi connectivity index (χ1n) is 9.59. The standard InChI is InChI=1S/C24H26N2O2/c1-15-21(18(4)27)16(2)25-22(15)24(28)17(3)26-23(19-11-7-5-8-12-19)20-13-9-6-10-14-20/h5-14,17,23,25-26H,1-4H3/p+1/t17-/m0/s1. The number of Topliss-reactive ketones (excluding diaryl/α,β-unsaturated/α-hetero) is 2. The Morgan fingerprint density at radius 3 is 1.82 bits per heavy atom. The van der Waals surface area contributed by atoms with Crippen molar-refractivity contribution < 1.29 is 14.9 Å². The van der Waals surface area contributed by atoms with E-state index in [1.165, 1.54) is 6.92 Å². The molecular formula is C24H27N2O2+. The molecule has 3 rings (SSSR count). The third kappa shape index (κ3) is 3.97. The number of benzene rings is 2. The molecule has 0 saturated carbocycles. The van der Waals surface area contributed by atoms with Crippen LogP contribution in [0.15, 0.2) is 60.7 Å². The molecular weight excluding hydrogens is 348 g/mol. The van der Waals surface area contributed by atoms with Crippen LogP contribution in [0.2, 0.25) is 0 Å². The molecule has 0 aliphatic rings. The van der Waals surface area contributed by atoms with Gasteiger partial charge in [0.15, 0.2) is 5.78 Å². The molecule has 0 radical (unpaired) electrons. The molecule has 144 valence electrons. The molecule has 3 N–H and O–H groups in total. The van der Waals surface area contributed by atoms with Gasteiger partial charge in [-0.3, -0.25) is 9.59 Å². The number of quaternary nitrogens is 1. The molecule has 2 aromatic carbocycles. The quantitative estimate of drug-likeness (QED) is 0.618. The normalized spacial score (nSPS) is 12.2. The van der Waals surface area contributed by atoms with E-state index in [2.05, 4.69) is 34.6 Å². The topological polar surface area (TPSA) is 66.5 Å². The molecule has 0 bridgehead atoms. The molecule has 1 heterocycles. The van der Waals surface area contributed by atoms with Gasteiger partial charge in [0, 0.05) is 22.4 Å². The zero-order valence-electron chi connectivity index (χ0n) is 16.8. The first kappa shape index (κ1) is 19.8. The molecule has 4 heteroatoms. The van der Waals surface area contributed by atoms with Crippen LogP contribution in [-0.4, -0.2) is 22.6 Å². The van der Waals surface area contributed by atoms with E-state index in [0.717, 1.165) is 22.4 Å². The van der Waals surface area contributed by atoms with Gasteiger partial charge >= 0.3 is 0 Å². The number of ketones is 2. The summed E-state index contributed by atoms with van der Waals surface area (Å²) in [4.78, 5) is 28.2. The molecule has 0 unspecified atom stereocenters. The van der Waals surface area contributed by atoms with Crippen molar-refractivity contribution in [1.29, 1.82) is 0 Å². The average Bonchev–Trinajstić information content (AvgIpc) is 3.00. The van der Waals surface area contributed by atoms with E-state index in [-0.39, 0.29) is 23.7 Å². The van der Waals surface area contributed by atoms with Crippen LogP contribution in [0, 0.1) is 13.8 Å². The van der Waals surface area contributed by atoms with E-state index in [9.17, 15) is 9.59 Å². The van der Waals surface area contributed by atoms with E-state index >= 15 is 0 Å². The summed E-state index contributed by atoms with van der Waals surface area (Å²) in [6, 6.07) is 20.1. The van der Waals surface area contributed by atoms with Crippen LogP contribution in [0.5, 0.6) is 0 Å². The minimum atomic E-state index is -0.304. The molecule has 0 fully saturated rings. The molecule has 0 aliphatic carbocycles. The van der Waals surface area contributed by atoms with Gasteiger partial charge in [-0.15, -0.1) is 0 Å². The number of nitrogens with two attached hydrogens (primary N) is 1. The number of aromatic nitrogens is 1. The van der Waals surface area contributed by atoms with Crippen molar-refractivity contribution in [3.8, 4) is 0 Å². The Morgan fingerprint density at radius 1 is 0.893 bits per heavy atom. The van der Waals surface area contributed by atoms with Gasteiger partial charge in [0.1, 0.15) is 12.1 Å². The number of carbonyl (C=O) groups excluding carboxylic acids is 2. The lowest BCUT2D eigenvalue weighted by Gasteiger charge is -2.20. The van der Waals surface area contributed by atoms with Crippen molar-refractivity contribution in [2.45, 2.75) is 39.8 Å². The summed E-state index contributed by atoms with van der Waals surface area (Å²) in [7, 11) is 0. The summed E-state index contributed by atoms with van der Waals surface area (Å²) in [5.41, 5.74) is 4.95. The number of rotatable bonds is 7. The van der Waals surface area contributed by atoms with Crippen molar-refractivity contribution in [2.24, 2.45) is 0 Å². The first-order valence-corrected chi connectivity index (χ1v) is 9.59. The third-order valence-corrected chi connectivity index (χ3v) is 5.25. The van der Waals surface area contributed by atoms with Gasteiger partial charge in [-0.2, -0.15) is 0 Å². The molecule has 1 aromatic heterocycles. The highest BCUT2D eigenvalue weighted by molar-refractivity contribution is 6.04. The number of hydrogen-bond donors (Lipinski definition) is 2. The van der Waals surface area contributed by atoms with Crippen molar-refractivity contribution in [1.82, 2.24) is 4.98 Å². The Kier molecular flexibility index (Phi) is 5.90. The van der Waals surface area contributed by atoms with E-state index in [1.807, 2.05) is 57.2 Å². The van der Waals surface area contributed by atoms with Gasteiger partial charge < -0.3 is 10.3 Å². The molecule has 1 atom stereocenters. The lowest BCUT2D eigenvalue weighted by molar-refractivity contribution is -0.703. The maximum absolute atomic E-state index is 13.2. The minimum absolute atomic E-state index is 0.00459. The Hall–Kier alpha value is -2.98. The second kappa shape index (κ2) is 8.36. The fourth-order valence-electron chi connectivity index (χ4n) is 3.86. The smallest absolute Gasteiger partial charge is 0.235 e. The minimum Gasteiger partial charge on any atom is -0.355 e. The highest BCUT2D eigenvalue weighted by Crippen LogP contribution is 2.21. The van der Waals surface area contributed by atoms with Crippen molar-refractivity contribution in [3.63, 3.8) is 0 Å². The fraction of sp³-hybridized carbons (Fsp3) is 0.250. The monoisotopic (exact) mass is 375 g/mol. The van der Waals surface area contributed by atoms with Crippen LogP contribution in [0.25, 0.3) is 0 Å². The second-order valence-electron chi connectivity index (χ2n) is 7.33. The van der Waals surface area contributed by atoms with Gasteiger partial charge in [0.25, 0.3) is 0 Å². The van der Waals surface area contributed by atoms with Crippen LogP contribution >= 0.6 is 0 Å². The molecule has 0 aliphatic heterocycles. The van der Waals surface area contributed by atoms with Gasteiger partial charge in [-0.25, -0.2) is 0 Å². The highest BCUT2D eigenvalue weighted by Gasteiger charge is 2.29. The largest absolute Gasteiger partial charge is 0.355 e. The Bertz CT molecular complexity index is 935. The number of aryl methyl sites for hydroxylation is 1. The predicted molar refractivity (Wildman–Crippen MR) is 111 cm³/mol. The summed E-state index contributed by atoms with van der Waals surface area (Å²) in [5.74, 6) is -0.0154. The lowest BCUT2D eigenvalue weighted by atomic mass is 9.96. The van der Waals surface area contributed by atoms with E-state index in [0.29, 0.717) is 11.3 Å². The van der Waals surface area contributed by atoms with Crippen LogP contribution in [0.1, 0.15) is 63.1 Å². The van der Waals surface area contributed by atoms with Crippen molar-refractivity contribution >= 4 is 11.6 Å². The van der Waals surface area contributed by atoms with Gasteiger partial charge in [0.05, 0.1) is 5.69 Å². The number of H-pyrrole nitrogens is 1. The van der Waals surface area contributed by atoms with Crippen molar-refractivity contribution in [2.75, 3.05) is 0 Å². The van der Waals surface area contributed by atoms with Gasteiger partial charge in [-0.05, 0) is 33.3 Å². The van der Waals surface area contributed by atoms with E-state index in [4.69, 9.17) is 0 Å². The maximum atomic E-state index is 13.2. The molecule has 3 aromatic rings. The van der Waals surface area contributed by atoms with E-state index < -0.39 is 0 Å². The van der Waals surface area contributed by atoms with Gasteiger partial charge in [0.2, 0.25) is 5.78 Å². The Balaban J connectivity index is 1.91. The summed E-state index contributed by atoms with van der Waals surface area (Å²) in [6.45, 7) is 7.13. The zero-order chi connectivity index (χ0) is 20.3. The van der Waals surface area contributed by atoms with Crippen LogP contribution < -0.4 is 5.32 Å². The summed E-state index contributed by atoms with van der Waals surface area (Å²) >= 11 is 0. The summed E-state index contributed by atoms with van der Waals surface area (Å²) < 4.78 is 0. The SMILES string of the molecule is CC(=O)c1c(C)[nH]c(C(=O)[C@H](C)[NH2+]C(c2ccccc2)c2ccccc2)c1C. The van der Waals surface area contributed by atoms with Crippen LogP contribution in [-0.2, 0) is 0 Å². The van der Waals surface area contributed by atoms with E-state index in [1.54, 1.807) is 0 Å². The Labute approximate surface area is 166 Å². The molecule has 0 saturated heterocycles. The average molecular weight is 375 g/mol. The first-order chi connectivity index (χ1) is 13.4. The number of aromatic amines is 1. The second-order valence-corrected chi connectivity index (χ2v) is 7.33. The highest BCUT2D eigenvalue weighted by atomic mass is 16.1.